The Morgan fingerprint density at radius 1 is 0.760 bits per heavy atom. The summed E-state index contributed by atoms with van der Waals surface area (Å²) >= 11 is 0. The topological polar surface area (TPSA) is 105 Å². The molecule has 0 atom stereocenters. The molecule has 0 spiro atoms. The van der Waals surface area contributed by atoms with Gasteiger partial charge >= 0.3 is 11.9 Å². The summed E-state index contributed by atoms with van der Waals surface area (Å²) < 4.78 is 10.6. The molecule has 0 aliphatic rings. The molecule has 0 saturated carbocycles. The number of carbonyl (C=O) groups is 2. The van der Waals surface area contributed by atoms with Gasteiger partial charge in [0.1, 0.15) is 0 Å². The maximum absolute atomic E-state index is 12.2. The van der Waals surface area contributed by atoms with Crippen LogP contribution in [-0.2, 0) is 22.6 Å². The Kier molecular flexibility index (Phi) is 5.90. The number of benzene rings is 2. The smallest absolute Gasteiger partial charge is 0.341 e. The zero-order valence-electron chi connectivity index (χ0n) is 14.3. The summed E-state index contributed by atoms with van der Waals surface area (Å²) in [5.41, 5.74) is 13.6. The van der Waals surface area contributed by atoms with E-state index < -0.39 is 17.7 Å². The molecule has 25 heavy (non-hydrogen) atoms. The van der Waals surface area contributed by atoms with Crippen LogP contribution in [0.15, 0.2) is 48.5 Å². The average Bonchev–Trinajstić information content (AvgIpc) is 2.61. The van der Waals surface area contributed by atoms with Crippen LogP contribution in [-0.4, -0.2) is 17.7 Å². The summed E-state index contributed by atoms with van der Waals surface area (Å²) in [4.78, 5) is 24.4. The molecule has 0 aliphatic heterocycles. The minimum absolute atomic E-state index is 0.355. The summed E-state index contributed by atoms with van der Waals surface area (Å²) in [6.07, 6.45) is 0. The zero-order valence-corrected chi connectivity index (χ0v) is 14.3. The number of esters is 2. The van der Waals surface area contributed by atoms with Gasteiger partial charge in [-0.05, 0) is 35.4 Å². The highest BCUT2D eigenvalue weighted by Gasteiger charge is 2.28. The Morgan fingerprint density at radius 3 is 1.36 bits per heavy atom. The molecule has 6 heteroatoms. The lowest BCUT2D eigenvalue weighted by molar-refractivity contribution is -0.143. The van der Waals surface area contributed by atoms with Gasteiger partial charge in [-0.25, -0.2) is 9.59 Å². The second-order valence-electron chi connectivity index (χ2n) is 5.98. The number of rotatable bonds is 6. The monoisotopic (exact) mass is 342 g/mol. The second kappa shape index (κ2) is 7.92. The summed E-state index contributed by atoms with van der Waals surface area (Å²) in [5, 5.41) is 0. The van der Waals surface area contributed by atoms with E-state index in [-0.39, 0.29) is 0 Å². The summed E-state index contributed by atoms with van der Waals surface area (Å²) in [6.45, 7) is 3.79. The fourth-order valence-electron chi connectivity index (χ4n) is 2.14. The Hall–Kier alpha value is -2.70. The Bertz CT molecular complexity index is 674. The van der Waals surface area contributed by atoms with Crippen molar-refractivity contribution in [3.8, 4) is 0 Å². The van der Waals surface area contributed by atoms with Crippen LogP contribution < -0.4 is 11.5 Å². The van der Waals surface area contributed by atoms with E-state index >= 15 is 0 Å². The van der Waals surface area contributed by atoms with Gasteiger partial charge in [0.2, 0.25) is 0 Å². The van der Waals surface area contributed by atoms with Crippen LogP contribution >= 0.6 is 0 Å². The summed E-state index contributed by atoms with van der Waals surface area (Å²) in [6, 6.07) is 13.5. The number of carbonyl (C=O) groups excluding carboxylic acids is 2. The molecule has 0 unspecified atom stereocenters. The molecule has 2 rings (SSSR count). The van der Waals surface area contributed by atoms with Crippen molar-refractivity contribution in [3.05, 3.63) is 70.8 Å². The average molecular weight is 342 g/mol. The Balaban J connectivity index is 2.01. The molecule has 2 aromatic carbocycles. The minimum atomic E-state index is -1.41. The van der Waals surface area contributed by atoms with Crippen molar-refractivity contribution in [2.75, 3.05) is 0 Å². The lowest BCUT2D eigenvalue weighted by Gasteiger charge is -2.25. The zero-order chi connectivity index (χ0) is 18.4. The molecule has 0 amide bonds. The quantitative estimate of drug-likeness (QED) is 0.617. The van der Waals surface area contributed by atoms with Gasteiger partial charge < -0.3 is 20.9 Å². The lowest BCUT2D eigenvalue weighted by Crippen LogP contribution is -2.34. The van der Waals surface area contributed by atoms with Gasteiger partial charge in [0.15, 0.2) is 0 Å². The van der Waals surface area contributed by atoms with Crippen molar-refractivity contribution in [2.24, 2.45) is 11.5 Å². The second-order valence-corrected chi connectivity index (χ2v) is 5.98. The molecule has 0 heterocycles. The molecule has 4 N–H and O–H groups in total. The molecular formula is C19H22N2O4. The lowest BCUT2D eigenvalue weighted by atomic mass is 10.1. The van der Waals surface area contributed by atoms with Gasteiger partial charge in [-0.15, -0.1) is 0 Å². The minimum Gasteiger partial charge on any atom is -0.419 e. The fraction of sp³-hybridized carbons (Fsp3) is 0.263. The van der Waals surface area contributed by atoms with Gasteiger partial charge in [-0.3, -0.25) is 0 Å². The molecule has 0 fully saturated rings. The fourth-order valence-corrected chi connectivity index (χ4v) is 2.14. The number of hydrogen-bond acceptors (Lipinski definition) is 6. The van der Waals surface area contributed by atoms with Crippen molar-refractivity contribution in [2.45, 2.75) is 32.7 Å². The first-order valence-corrected chi connectivity index (χ1v) is 7.89. The largest absolute Gasteiger partial charge is 0.419 e. The molecule has 0 bridgehead atoms. The number of nitrogens with two attached hydrogens (primary N) is 2. The van der Waals surface area contributed by atoms with E-state index in [1.54, 1.807) is 48.5 Å². The molecule has 6 nitrogen and oxygen atoms in total. The van der Waals surface area contributed by atoms with E-state index in [0.717, 1.165) is 11.1 Å². The van der Waals surface area contributed by atoms with Gasteiger partial charge in [0, 0.05) is 26.9 Å². The molecular weight excluding hydrogens is 320 g/mol. The first-order valence-electron chi connectivity index (χ1n) is 7.89. The highest BCUT2D eigenvalue weighted by molar-refractivity contribution is 5.91. The number of hydrogen-bond donors (Lipinski definition) is 2. The Labute approximate surface area is 146 Å². The van der Waals surface area contributed by atoms with E-state index in [1.807, 2.05) is 0 Å². The van der Waals surface area contributed by atoms with E-state index in [0.29, 0.717) is 24.2 Å². The molecule has 0 radical (unpaired) electrons. The van der Waals surface area contributed by atoms with Crippen LogP contribution in [0.1, 0.15) is 45.7 Å². The van der Waals surface area contributed by atoms with E-state index in [4.69, 9.17) is 20.9 Å². The van der Waals surface area contributed by atoms with E-state index in [2.05, 4.69) is 0 Å². The van der Waals surface area contributed by atoms with Crippen molar-refractivity contribution >= 4 is 11.9 Å². The van der Waals surface area contributed by atoms with Crippen molar-refractivity contribution in [1.29, 1.82) is 0 Å². The first-order chi connectivity index (χ1) is 11.8. The van der Waals surface area contributed by atoms with Crippen molar-refractivity contribution in [1.82, 2.24) is 0 Å². The van der Waals surface area contributed by atoms with Gasteiger partial charge in [-0.2, -0.15) is 0 Å². The van der Waals surface area contributed by atoms with Crippen LogP contribution in [0.25, 0.3) is 0 Å². The predicted molar refractivity (Wildman–Crippen MR) is 93.6 cm³/mol. The summed E-state index contributed by atoms with van der Waals surface area (Å²) in [5.74, 6) is -2.58. The predicted octanol–water partition coefficient (Wildman–Crippen LogP) is 2.35. The standard InChI is InChI=1S/C19H22N2O4/c1-19(2,24-17(22)15-7-3-13(11-20)4-8-15)25-18(23)16-9-5-14(12-21)6-10-16/h3-10H,11-12,20-21H2,1-2H3. The molecule has 0 aromatic heterocycles. The van der Waals surface area contributed by atoms with Crippen LogP contribution in [0.5, 0.6) is 0 Å². The molecule has 0 saturated heterocycles. The van der Waals surface area contributed by atoms with Gasteiger partial charge in [0.25, 0.3) is 5.79 Å². The van der Waals surface area contributed by atoms with Crippen LogP contribution in [0.2, 0.25) is 0 Å². The number of ether oxygens (including phenoxy) is 2. The van der Waals surface area contributed by atoms with E-state index in [1.165, 1.54) is 13.8 Å². The van der Waals surface area contributed by atoms with E-state index in [9.17, 15) is 9.59 Å². The van der Waals surface area contributed by atoms with Crippen molar-refractivity contribution in [3.63, 3.8) is 0 Å². The van der Waals surface area contributed by atoms with Crippen LogP contribution in [0.4, 0.5) is 0 Å². The Morgan fingerprint density at radius 2 is 1.08 bits per heavy atom. The highest BCUT2D eigenvalue weighted by atomic mass is 16.7. The third-order valence-corrected chi connectivity index (χ3v) is 3.53. The first kappa shape index (κ1) is 18.6. The summed E-state index contributed by atoms with van der Waals surface area (Å²) in [7, 11) is 0. The third-order valence-electron chi connectivity index (χ3n) is 3.53. The molecule has 132 valence electrons. The SMILES string of the molecule is CC(C)(OC(=O)c1ccc(CN)cc1)OC(=O)c1ccc(CN)cc1. The molecule has 2 aromatic rings. The van der Waals surface area contributed by atoms with Gasteiger partial charge in [-0.1, -0.05) is 24.3 Å². The maximum atomic E-state index is 12.2. The maximum Gasteiger partial charge on any atom is 0.341 e. The van der Waals surface area contributed by atoms with Crippen molar-refractivity contribution < 1.29 is 19.1 Å². The third kappa shape index (κ3) is 5.14. The van der Waals surface area contributed by atoms with Gasteiger partial charge in [0.05, 0.1) is 11.1 Å². The van der Waals surface area contributed by atoms with Crippen LogP contribution in [0, 0.1) is 0 Å². The highest BCUT2D eigenvalue weighted by Crippen LogP contribution is 2.18. The van der Waals surface area contributed by atoms with Crippen LogP contribution in [0.3, 0.4) is 0 Å². The normalized spacial score (nSPS) is 11.0. The molecule has 0 aliphatic carbocycles.